The van der Waals surface area contributed by atoms with Crippen molar-refractivity contribution in [3.63, 3.8) is 0 Å². The number of nitrogens with one attached hydrogen (secondary N) is 1. The molecule has 31 heavy (non-hydrogen) atoms. The van der Waals surface area contributed by atoms with Gasteiger partial charge < -0.3 is 25.3 Å². The van der Waals surface area contributed by atoms with Gasteiger partial charge in [0, 0.05) is 13.0 Å². The molecule has 1 amide bonds. The molecule has 8 heteroatoms. The van der Waals surface area contributed by atoms with Crippen LogP contribution in [0.3, 0.4) is 0 Å². The maximum Gasteiger partial charge on any atom is 0.407 e. The van der Waals surface area contributed by atoms with E-state index < -0.39 is 35.2 Å². The van der Waals surface area contributed by atoms with Crippen LogP contribution < -0.4 is 15.8 Å². The molecule has 0 aromatic heterocycles. The van der Waals surface area contributed by atoms with Gasteiger partial charge in [0.1, 0.15) is 11.2 Å². The summed E-state index contributed by atoms with van der Waals surface area (Å²) in [5.41, 5.74) is 5.86. The largest absolute Gasteiger partial charge is 0.460 e. The van der Waals surface area contributed by atoms with Gasteiger partial charge in [-0.25, -0.2) is 4.79 Å². The molecule has 0 aliphatic heterocycles. The van der Waals surface area contributed by atoms with Crippen molar-refractivity contribution >= 4 is 23.7 Å². The molecule has 1 aromatic carbocycles. The van der Waals surface area contributed by atoms with Crippen LogP contribution in [0.25, 0.3) is 0 Å². The summed E-state index contributed by atoms with van der Waals surface area (Å²) in [6.45, 7) is 13.8. The number of esters is 2. The van der Waals surface area contributed by atoms with Gasteiger partial charge in [-0.05, 0) is 72.1 Å². The first-order valence-corrected chi connectivity index (χ1v) is 10.3. The lowest BCUT2D eigenvalue weighted by Gasteiger charge is -2.27. The van der Waals surface area contributed by atoms with Gasteiger partial charge in [0.25, 0.3) is 0 Å². The number of nitrogens with two attached hydrogens (primary N) is 1. The predicted octanol–water partition coefficient (Wildman–Crippen LogP) is 4.00. The molecule has 0 aliphatic rings. The number of rotatable bonds is 7. The summed E-state index contributed by atoms with van der Waals surface area (Å²) in [7, 11) is 0. The molecule has 8 nitrogen and oxygen atoms in total. The van der Waals surface area contributed by atoms with Gasteiger partial charge in [0.15, 0.2) is 5.75 Å². The van der Waals surface area contributed by atoms with E-state index in [-0.39, 0.29) is 11.7 Å². The molecule has 0 saturated carbocycles. The first-order chi connectivity index (χ1) is 14.1. The zero-order valence-electron chi connectivity index (χ0n) is 19.8. The third-order valence-electron chi connectivity index (χ3n) is 3.98. The van der Waals surface area contributed by atoms with Crippen molar-refractivity contribution in [3.05, 3.63) is 23.8 Å². The monoisotopic (exact) mass is 436 g/mol. The lowest BCUT2D eigenvalue weighted by atomic mass is 9.95. The molecule has 1 rings (SSSR count). The van der Waals surface area contributed by atoms with Crippen LogP contribution in [0.2, 0.25) is 0 Å². The highest BCUT2D eigenvalue weighted by Gasteiger charge is 2.27. The number of anilines is 1. The Hall–Kier alpha value is -2.77. The number of benzene rings is 1. The van der Waals surface area contributed by atoms with Gasteiger partial charge in [-0.3, -0.25) is 9.59 Å². The lowest BCUT2D eigenvalue weighted by molar-refractivity contribution is -0.159. The van der Waals surface area contributed by atoms with Gasteiger partial charge in [-0.1, -0.05) is 13.0 Å². The molecule has 1 aromatic rings. The summed E-state index contributed by atoms with van der Waals surface area (Å²) in [5.74, 6) is -0.977. The number of hydrogen-bond acceptors (Lipinski definition) is 7. The van der Waals surface area contributed by atoms with Crippen LogP contribution in [0.5, 0.6) is 5.75 Å². The molecule has 0 saturated heterocycles. The third kappa shape index (κ3) is 10.7. The lowest BCUT2D eigenvalue weighted by Crippen LogP contribution is -2.42. The molecule has 0 radical (unpaired) electrons. The number of amides is 1. The van der Waals surface area contributed by atoms with Crippen molar-refractivity contribution in [1.29, 1.82) is 0 Å². The third-order valence-corrected chi connectivity index (χ3v) is 3.98. The SMILES string of the molecule is CC(=O)Oc1ccc(C[C@@H](CC(C)C(=O)OC(C)(C)C)NC(=O)OC(C)(C)C)cc1N. The minimum atomic E-state index is -0.651. The number of nitrogen functional groups attached to an aromatic ring is 1. The van der Waals surface area contributed by atoms with E-state index in [0.29, 0.717) is 18.5 Å². The highest BCUT2D eigenvalue weighted by molar-refractivity contribution is 5.73. The van der Waals surface area contributed by atoms with Gasteiger partial charge >= 0.3 is 18.0 Å². The van der Waals surface area contributed by atoms with E-state index >= 15 is 0 Å². The van der Waals surface area contributed by atoms with Gasteiger partial charge in [0.2, 0.25) is 0 Å². The Bertz CT molecular complexity index is 792. The van der Waals surface area contributed by atoms with E-state index in [1.807, 2.05) is 20.8 Å². The number of ether oxygens (including phenoxy) is 3. The summed E-state index contributed by atoms with van der Waals surface area (Å²) in [6.07, 6.45) is 0.176. The van der Waals surface area contributed by atoms with Crippen LogP contribution >= 0.6 is 0 Å². The van der Waals surface area contributed by atoms with E-state index in [4.69, 9.17) is 19.9 Å². The van der Waals surface area contributed by atoms with E-state index in [0.717, 1.165) is 5.56 Å². The topological polar surface area (TPSA) is 117 Å². The Morgan fingerprint density at radius 1 is 1.03 bits per heavy atom. The molecule has 0 bridgehead atoms. The number of carbonyl (C=O) groups is 3. The molecule has 0 fully saturated rings. The first-order valence-electron chi connectivity index (χ1n) is 10.3. The highest BCUT2D eigenvalue weighted by atomic mass is 16.6. The maximum atomic E-state index is 12.4. The Morgan fingerprint density at radius 3 is 2.10 bits per heavy atom. The molecular formula is C23H36N2O6. The summed E-state index contributed by atoms with van der Waals surface area (Å²) in [5, 5.41) is 2.84. The van der Waals surface area contributed by atoms with Crippen molar-refractivity contribution in [2.45, 2.75) is 85.5 Å². The van der Waals surface area contributed by atoms with Crippen LogP contribution in [-0.2, 0) is 25.5 Å². The summed E-state index contributed by atoms with van der Waals surface area (Å²) in [6, 6.07) is 4.64. The molecule has 2 atom stereocenters. The number of carbonyl (C=O) groups excluding carboxylic acids is 3. The van der Waals surface area contributed by atoms with Crippen molar-refractivity contribution in [1.82, 2.24) is 5.32 Å². The van der Waals surface area contributed by atoms with Crippen LogP contribution in [0.15, 0.2) is 18.2 Å². The summed E-state index contributed by atoms with van der Waals surface area (Å²) >= 11 is 0. The zero-order valence-corrected chi connectivity index (χ0v) is 19.8. The normalized spacial score (nSPS) is 13.7. The Kier molecular flexibility index (Phi) is 8.90. The van der Waals surface area contributed by atoms with Crippen LogP contribution in [0.1, 0.15) is 67.4 Å². The number of hydrogen-bond donors (Lipinski definition) is 2. The zero-order chi connectivity index (χ0) is 24.0. The van der Waals surface area contributed by atoms with Crippen molar-refractivity contribution in [3.8, 4) is 5.75 Å². The molecular weight excluding hydrogens is 400 g/mol. The molecule has 0 heterocycles. The van der Waals surface area contributed by atoms with Gasteiger partial charge in [-0.15, -0.1) is 0 Å². The average molecular weight is 437 g/mol. The summed E-state index contributed by atoms with van der Waals surface area (Å²) in [4.78, 5) is 35.9. The maximum absolute atomic E-state index is 12.4. The Labute approximate surface area is 184 Å². The second-order valence-electron chi connectivity index (χ2n) is 9.68. The van der Waals surface area contributed by atoms with E-state index in [1.165, 1.54) is 6.92 Å². The Balaban J connectivity index is 2.99. The van der Waals surface area contributed by atoms with Crippen LogP contribution in [-0.4, -0.2) is 35.3 Å². The quantitative estimate of drug-likeness (QED) is 0.377. The molecule has 0 spiro atoms. The standard InChI is InChI=1S/C23H36N2O6/c1-14(20(27)30-22(3,4)5)11-17(25-21(28)31-23(6,7)8)12-16-9-10-19(18(24)13-16)29-15(2)26/h9-10,13-14,17H,11-12,24H2,1-8H3,(H,25,28)/t14?,17-/m1/s1. The van der Waals surface area contributed by atoms with E-state index in [9.17, 15) is 14.4 Å². The summed E-state index contributed by atoms with van der Waals surface area (Å²) < 4.78 is 15.9. The van der Waals surface area contributed by atoms with Crippen LogP contribution in [0.4, 0.5) is 10.5 Å². The average Bonchev–Trinajstić information content (AvgIpc) is 2.53. The fourth-order valence-corrected chi connectivity index (χ4v) is 2.85. The van der Waals surface area contributed by atoms with Gasteiger partial charge in [0.05, 0.1) is 11.6 Å². The minimum Gasteiger partial charge on any atom is -0.460 e. The van der Waals surface area contributed by atoms with Gasteiger partial charge in [-0.2, -0.15) is 0 Å². The molecule has 1 unspecified atom stereocenters. The Morgan fingerprint density at radius 2 is 1.61 bits per heavy atom. The number of alkyl carbamates (subject to hydrolysis) is 1. The second kappa shape index (κ2) is 10.5. The highest BCUT2D eigenvalue weighted by Crippen LogP contribution is 2.25. The second-order valence-corrected chi connectivity index (χ2v) is 9.68. The molecule has 0 aliphatic carbocycles. The van der Waals surface area contributed by atoms with Crippen molar-refractivity contribution in [2.24, 2.45) is 5.92 Å². The smallest absolute Gasteiger partial charge is 0.407 e. The molecule has 3 N–H and O–H groups in total. The van der Waals surface area contributed by atoms with Crippen molar-refractivity contribution in [2.75, 3.05) is 5.73 Å². The fraction of sp³-hybridized carbons (Fsp3) is 0.609. The predicted molar refractivity (Wildman–Crippen MR) is 119 cm³/mol. The van der Waals surface area contributed by atoms with Crippen LogP contribution in [0, 0.1) is 5.92 Å². The van der Waals surface area contributed by atoms with E-state index in [1.54, 1.807) is 45.9 Å². The fourth-order valence-electron chi connectivity index (χ4n) is 2.85. The molecule has 174 valence electrons. The minimum absolute atomic E-state index is 0.273. The van der Waals surface area contributed by atoms with Crippen molar-refractivity contribution < 1.29 is 28.6 Å². The van der Waals surface area contributed by atoms with E-state index in [2.05, 4.69) is 5.32 Å². The first kappa shape index (κ1) is 26.3.